The van der Waals surface area contributed by atoms with Crippen molar-refractivity contribution in [2.24, 2.45) is 0 Å². The molecule has 2 rings (SSSR count). The summed E-state index contributed by atoms with van der Waals surface area (Å²) in [7, 11) is 2.79. The highest BCUT2D eigenvalue weighted by Gasteiger charge is 2.33. The summed E-state index contributed by atoms with van der Waals surface area (Å²) < 4.78 is 15.8. The number of urea groups is 1. The number of hydrogen-bond donors (Lipinski definition) is 1. The first-order valence-electron chi connectivity index (χ1n) is 7.76. The molecule has 0 bridgehead atoms. The first-order chi connectivity index (χ1) is 11.3. The summed E-state index contributed by atoms with van der Waals surface area (Å²) in [6.45, 7) is 6.85. The number of carbonyl (C=O) groups is 2. The highest BCUT2D eigenvalue weighted by Crippen LogP contribution is 2.27. The van der Waals surface area contributed by atoms with Crippen LogP contribution in [0, 0.1) is 0 Å². The molecule has 24 heavy (non-hydrogen) atoms. The lowest BCUT2D eigenvalue weighted by Gasteiger charge is -2.41. The molecule has 1 aliphatic rings. The smallest absolute Gasteiger partial charge is 0.337 e. The minimum Gasteiger partial charge on any atom is -0.495 e. The number of rotatable bonds is 3. The molecule has 7 heteroatoms. The van der Waals surface area contributed by atoms with Gasteiger partial charge in [-0.25, -0.2) is 9.59 Å². The molecule has 0 spiro atoms. The fourth-order valence-corrected chi connectivity index (χ4v) is 2.84. The maximum Gasteiger partial charge on any atom is 0.337 e. The molecule has 1 aromatic carbocycles. The van der Waals surface area contributed by atoms with E-state index >= 15 is 0 Å². The van der Waals surface area contributed by atoms with E-state index in [1.165, 1.54) is 20.3 Å². The topological polar surface area (TPSA) is 77.1 Å². The van der Waals surface area contributed by atoms with Gasteiger partial charge in [0.1, 0.15) is 5.75 Å². The molecule has 1 aliphatic heterocycles. The van der Waals surface area contributed by atoms with E-state index in [1.54, 1.807) is 17.0 Å². The SMILES string of the molecule is COC(=O)c1ccc(NC(=O)N2C[C@@H](C)OC(C)(C)C2)c(OC)c1. The molecule has 0 saturated carbocycles. The van der Waals surface area contributed by atoms with Gasteiger partial charge in [0.25, 0.3) is 0 Å². The van der Waals surface area contributed by atoms with Crippen LogP contribution >= 0.6 is 0 Å². The predicted molar refractivity (Wildman–Crippen MR) is 89.6 cm³/mol. The minimum absolute atomic E-state index is 0.0388. The van der Waals surface area contributed by atoms with Crippen LogP contribution in [-0.2, 0) is 9.47 Å². The molecule has 0 unspecified atom stereocenters. The Bertz CT molecular complexity index is 629. The second kappa shape index (κ2) is 7.09. The van der Waals surface area contributed by atoms with E-state index in [0.717, 1.165) is 0 Å². The molecule has 132 valence electrons. The Kier molecular flexibility index (Phi) is 5.33. The Morgan fingerprint density at radius 1 is 1.33 bits per heavy atom. The van der Waals surface area contributed by atoms with Crippen LogP contribution in [0.3, 0.4) is 0 Å². The Morgan fingerprint density at radius 3 is 2.62 bits per heavy atom. The number of nitrogens with zero attached hydrogens (tertiary/aromatic N) is 1. The Morgan fingerprint density at radius 2 is 2.04 bits per heavy atom. The maximum absolute atomic E-state index is 12.6. The summed E-state index contributed by atoms with van der Waals surface area (Å²) >= 11 is 0. The molecule has 0 aromatic heterocycles. The summed E-state index contributed by atoms with van der Waals surface area (Å²) in [4.78, 5) is 25.8. The number of ether oxygens (including phenoxy) is 3. The number of benzene rings is 1. The van der Waals surface area contributed by atoms with Crippen LogP contribution in [0.4, 0.5) is 10.5 Å². The fraction of sp³-hybridized carbons (Fsp3) is 0.529. The van der Waals surface area contributed by atoms with E-state index in [4.69, 9.17) is 9.47 Å². The molecule has 1 atom stereocenters. The van der Waals surface area contributed by atoms with Crippen LogP contribution in [-0.4, -0.2) is 55.9 Å². The van der Waals surface area contributed by atoms with Crippen LogP contribution < -0.4 is 10.1 Å². The fourth-order valence-electron chi connectivity index (χ4n) is 2.84. The number of anilines is 1. The van der Waals surface area contributed by atoms with Gasteiger partial charge < -0.3 is 24.4 Å². The van der Waals surface area contributed by atoms with E-state index in [9.17, 15) is 9.59 Å². The van der Waals surface area contributed by atoms with Crippen molar-refractivity contribution in [3.63, 3.8) is 0 Å². The zero-order chi connectivity index (χ0) is 17.9. The number of amides is 2. The van der Waals surface area contributed by atoms with Gasteiger partial charge in [0, 0.05) is 6.54 Å². The normalized spacial score (nSPS) is 19.5. The first kappa shape index (κ1) is 18.1. The predicted octanol–water partition coefficient (Wildman–Crippen LogP) is 2.51. The number of hydrogen-bond acceptors (Lipinski definition) is 5. The Labute approximate surface area is 141 Å². The second-order valence-electron chi connectivity index (χ2n) is 6.41. The zero-order valence-corrected chi connectivity index (χ0v) is 14.7. The largest absolute Gasteiger partial charge is 0.495 e. The van der Waals surface area contributed by atoms with Gasteiger partial charge in [0.15, 0.2) is 0 Å². The third kappa shape index (κ3) is 4.17. The second-order valence-corrected chi connectivity index (χ2v) is 6.41. The number of esters is 1. The molecular formula is C17H24N2O5. The summed E-state index contributed by atoms with van der Waals surface area (Å²) in [6, 6.07) is 4.50. The quantitative estimate of drug-likeness (QED) is 0.858. The van der Waals surface area contributed by atoms with Crippen molar-refractivity contribution in [1.29, 1.82) is 0 Å². The lowest BCUT2D eigenvalue weighted by molar-refractivity contribution is -0.116. The monoisotopic (exact) mass is 336 g/mol. The van der Waals surface area contributed by atoms with Crippen molar-refractivity contribution in [2.45, 2.75) is 32.5 Å². The minimum atomic E-state index is -0.463. The summed E-state index contributed by atoms with van der Waals surface area (Å²) in [5.74, 6) is -0.0678. The van der Waals surface area contributed by atoms with Gasteiger partial charge in [-0.05, 0) is 39.0 Å². The molecule has 1 heterocycles. The maximum atomic E-state index is 12.6. The van der Waals surface area contributed by atoms with Gasteiger partial charge in [0.05, 0.1) is 43.7 Å². The van der Waals surface area contributed by atoms with Crippen molar-refractivity contribution in [3.8, 4) is 5.75 Å². The number of carbonyl (C=O) groups excluding carboxylic acids is 2. The molecule has 1 fully saturated rings. The van der Waals surface area contributed by atoms with Gasteiger partial charge in [-0.3, -0.25) is 0 Å². The van der Waals surface area contributed by atoms with Crippen molar-refractivity contribution in [3.05, 3.63) is 23.8 Å². The van der Waals surface area contributed by atoms with Crippen molar-refractivity contribution in [2.75, 3.05) is 32.6 Å². The molecule has 0 radical (unpaired) electrons. The highest BCUT2D eigenvalue weighted by molar-refractivity contribution is 5.94. The van der Waals surface area contributed by atoms with Crippen molar-refractivity contribution >= 4 is 17.7 Å². The van der Waals surface area contributed by atoms with Gasteiger partial charge in [-0.1, -0.05) is 0 Å². The van der Waals surface area contributed by atoms with Gasteiger partial charge in [0.2, 0.25) is 0 Å². The summed E-state index contributed by atoms with van der Waals surface area (Å²) in [6.07, 6.45) is -0.0388. The third-order valence-electron chi connectivity index (χ3n) is 3.72. The van der Waals surface area contributed by atoms with Crippen LogP contribution in [0.2, 0.25) is 0 Å². The van der Waals surface area contributed by atoms with E-state index in [1.807, 2.05) is 20.8 Å². The third-order valence-corrected chi connectivity index (χ3v) is 3.72. The van der Waals surface area contributed by atoms with Crippen LogP contribution in [0.15, 0.2) is 18.2 Å². The van der Waals surface area contributed by atoms with Gasteiger partial charge in [-0.2, -0.15) is 0 Å². The lowest BCUT2D eigenvalue weighted by Crippen LogP contribution is -2.54. The van der Waals surface area contributed by atoms with Gasteiger partial charge >= 0.3 is 12.0 Å². The van der Waals surface area contributed by atoms with Crippen molar-refractivity contribution in [1.82, 2.24) is 4.90 Å². The molecule has 1 aromatic rings. The summed E-state index contributed by atoms with van der Waals surface area (Å²) in [5, 5.41) is 2.83. The van der Waals surface area contributed by atoms with Crippen LogP contribution in [0.25, 0.3) is 0 Å². The Balaban J connectivity index is 2.15. The zero-order valence-electron chi connectivity index (χ0n) is 14.7. The van der Waals surface area contributed by atoms with E-state index in [2.05, 4.69) is 10.1 Å². The molecule has 2 amide bonds. The molecule has 0 aliphatic carbocycles. The van der Waals surface area contributed by atoms with Crippen molar-refractivity contribution < 1.29 is 23.8 Å². The molecular weight excluding hydrogens is 312 g/mol. The first-order valence-corrected chi connectivity index (χ1v) is 7.76. The molecule has 1 saturated heterocycles. The molecule has 1 N–H and O–H groups in total. The summed E-state index contributed by atoms with van der Waals surface area (Å²) in [5.41, 5.74) is 0.453. The average molecular weight is 336 g/mol. The lowest BCUT2D eigenvalue weighted by atomic mass is 10.1. The standard InChI is InChI=1S/C17H24N2O5/c1-11-9-19(10-17(2,3)24-11)16(21)18-13-7-6-12(15(20)23-5)8-14(13)22-4/h6-8,11H,9-10H2,1-5H3,(H,18,21)/t11-/m1/s1. The highest BCUT2D eigenvalue weighted by atomic mass is 16.5. The molecule has 7 nitrogen and oxygen atoms in total. The van der Waals surface area contributed by atoms with Gasteiger partial charge in [-0.15, -0.1) is 0 Å². The number of methoxy groups -OCH3 is 2. The van der Waals surface area contributed by atoms with Crippen LogP contribution in [0.5, 0.6) is 5.75 Å². The van der Waals surface area contributed by atoms with E-state index in [0.29, 0.717) is 30.1 Å². The van der Waals surface area contributed by atoms with E-state index in [-0.39, 0.29) is 12.1 Å². The van der Waals surface area contributed by atoms with E-state index < -0.39 is 11.6 Å². The average Bonchev–Trinajstić information content (AvgIpc) is 2.52. The van der Waals surface area contributed by atoms with Crippen LogP contribution in [0.1, 0.15) is 31.1 Å². The number of nitrogens with one attached hydrogen (secondary N) is 1. The number of morpholine rings is 1. The Hall–Kier alpha value is -2.28.